The summed E-state index contributed by atoms with van der Waals surface area (Å²) in [6, 6.07) is 42.5. The molecule has 5 aromatic rings. The van der Waals surface area contributed by atoms with Gasteiger partial charge in [-0.3, -0.25) is 0 Å². The predicted molar refractivity (Wildman–Crippen MR) is 129 cm³/mol. The molecule has 5 rings (SSSR count). The molecule has 0 aliphatic heterocycles. The predicted octanol–water partition coefficient (Wildman–Crippen LogP) is 6.15. The monoisotopic (exact) mass is 404 g/mol. The number of benzene rings is 5. The fraction of sp³-hybridized carbons (Fsp3) is 0. The molecule has 0 fully saturated rings. The first-order valence-corrected chi connectivity index (χ1v) is 11.8. The van der Waals surface area contributed by atoms with E-state index in [0.717, 1.165) is 37.8 Å². The van der Waals surface area contributed by atoms with Crippen LogP contribution >= 0.6 is 7.14 Å². The molecule has 144 valence electrons. The molecular weight excluding hydrogens is 383 g/mol. The highest BCUT2D eigenvalue weighted by Crippen LogP contribution is 2.46. The number of rotatable bonds is 4. The topological polar surface area (TPSA) is 17.1 Å². The van der Waals surface area contributed by atoms with Crippen LogP contribution in [0.15, 0.2) is 127 Å². The van der Waals surface area contributed by atoms with Gasteiger partial charge in [-0.25, -0.2) is 0 Å². The third-order valence-corrected chi connectivity index (χ3v) is 8.72. The van der Waals surface area contributed by atoms with Crippen molar-refractivity contribution in [1.82, 2.24) is 0 Å². The molecule has 2 heteroatoms. The third kappa shape index (κ3) is 3.09. The van der Waals surface area contributed by atoms with Crippen LogP contribution in [0.1, 0.15) is 0 Å². The van der Waals surface area contributed by atoms with Crippen LogP contribution in [0.5, 0.6) is 0 Å². The number of hydrogen-bond donors (Lipinski definition) is 0. The van der Waals surface area contributed by atoms with E-state index in [4.69, 9.17) is 0 Å². The highest BCUT2D eigenvalue weighted by Gasteiger charge is 2.33. The largest absolute Gasteiger partial charge is 0.309 e. The van der Waals surface area contributed by atoms with Crippen molar-refractivity contribution >= 4 is 33.8 Å². The second-order valence-corrected chi connectivity index (χ2v) is 10.0. The first-order chi connectivity index (χ1) is 14.8. The van der Waals surface area contributed by atoms with E-state index in [2.05, 4.69) is 36.4 Å². The van der Waals surface area contributed by atoms with Crippen molar-refractivity contribution in [2.45, 2.75) is 0 Å². The van der Waals surface area contributed by atoms with Crippen LogP contribution in [0.3, 0.4) is 0 Å². The molecule has 1 atom stereocenters. The summed E-state index contributed by atoms with van der Waals surface area (Å²) in [4.78, 5) is 0. The molecule has 0 aromatic heterocycles. The van der Waals surface area contributed by atoms with E-state index in [9.17, 15) is 0 Å². The molecule has 0 aliphatic rings. The molecule has 1 nitrogen and oxygen atoms in total. The molecule has 0 saturated heterocycles. The lowest BCUT2D eigenvalue weighted by atomic mass is 10.1. The number of hydrogen-bond acceptors (Lipinski definition) is 1. The maximum Gasteiger partial charge on any atom is 0.172 e. The Labute approximate surface area is 177 Å². The van der Waals surface area contributed by atoms with E-state index in [1.54, 1.807) is 0 Å². The van der Waals surface area contributed by atoms with Gasteiger partial charge in [0.2, 0.25) is 0 Å². The Hall–Kier alpha value is -3.41. The third-order valence-electron chi connectivity index (χ3n) is 5.55. The lowest BCUT2D eigenvalue weighted by molar-refractivity contribution is 0.592. The standard InChI is InChI=1S/C28H21OP/c29-30(24-16-5-2-6-17-24,28-21-11-15-23-14-7-8-18-26(23)28)27-20-10-9-19-25(27)22-12-3-1-4-13-22/h1-21H. The SMILES string of the molecule is O=P(c1ccccc1)(c1ccccc1-c1ccccc1)c1cccc2ccccc12. The first kappa shape index (κ1) is 18.6. The molecule has 0 heterocycles. The summed E-state index contributed by atoms with van der Waals surface area (Å²) in [6.07, 6.45) is 0. The summed E-state index contributed by atoms with van der Waals surface area (Å²) in [6.45, 7) is 0. The summed E-state index contributed by atoms with van der Waals surface area (Å²) in [5, 5.41) is 4.75. The Kier molecular flexibility index (Phi) is 4.83. The summed E-state index contributed by atoms with van der Waals surface area (Å²) in [5.41, 5.74) is 2.09. The second kappa shape index (κ2) is 7.78. The summed E-state index contributed by atoms with van der Waals surface area (Å²) in [5.74, 6) is 0. The van der Waals surface area contributed by atoms with Gasteiger partial charge in [-0.2, -0.15) is 0 Å². The fourth-order valence-corrected chi connectivity index (χ4v) is 7.22. The second-order valence-electron chi connectivity index (χ2n) is 7.33. The van der Waals surface area contributed by atoms with E-state index < -0.39 is 7.14 Å². The highest BCUT2D eigenvalue weighted by atomic mass is 31.2. The minimum Gasteiger partial charge on any atom is -0.309 e. The fourth-order valence-electron chi connectivity index (χ4n) is 4.14. The first-order valence-electron chi connectivity index (χ1n) is 10.1. The molecule has 0 N–H and O–H groups in total. The van der Waals surface area contributed by atoms with Crippen LogP contribution in [-0.2, 0) is 4.57 Å². The summed E-state index contributed by atoms with van der Waals surface area (Å²) >= 11 is 0. The molecule has 1 unspecified atom stereocenters. The zero-order valence-electron chi connectivity index (χ0n) is 16.5. The normalized spacial score (nSPS) is 13.1. The molecule has 0 amide bonds. The van der Waals surface area contributed by atoms with Gasteiger partial charge in [0.1, 0.15) is 0 Å². The Bertz CT molecular complexity index is 1350. The zero-order chi connectivity index (χ0) is 20.4. The van der Waals surface area contributed by atoms with Crippen molar-refractivity contribution in [3.8, 4) is 11.1 Å². The lowest BCUT2D eigenvalue weighted by Crippen LogP contribution is -2.26. The van der Waals surface area contributed by atoms with Gasteiger partial charge in [-0.15, -0.1) is 0 Å². The van der Waals surface area contributed by atoms with Gasteiger partial charge in [-0.05, 0) is 21.9 Å². The van der Waals surface area contributed by atoms with E-state index in [0.29, 0.717) is 0 Å². The van der Waals surface area contributed by atoms with Crippen LogP contribution in [0.25, 0.3) is 21.9 Å². The van der Waals surface area contributed by atoms with Crippen LogP contribution in [0, 0.1) is 0 Å². The lowest BCUT2D eigenvalue weighted by Gasteiger charge is -2.24. The van der Waals surface area contributed by atoms with Gasteiger partial charge >= 0.3 is 0 Å². The molecule has 0 saturated carbocycles. The Balaban J connectivity index is 1.88. The van der Waals surface area contributed by atoms with Gasteiger partial charge in [-0.1, -0.05) is 127 Å². The van der Waals surface area contributed by atoms with Crippen molar-refractivity contribution in [1.29, 1.82) is 0 Å². The molecule has 30 heavy (non-hydrogen) atoms. The van der Waals surface area contributed by atoms with E-state index in [-0.39, 0.29) is 0 Å². The Morgan fingerprint density at radius 1 is 0.467 bits per heavy atom. The van der Waals surface area contributed by atoms with Gasteiger partial charge < -0.3 is 4.57 Å². The van der Waals surface area contributed by atoms with Crippen molar-refractivity contribution < 1.29 is 4.57 Å². The van der Waals surface area contributed by atoms with E-state index in [1.807, 2.05) is 91.0 Å². The molecule has 5 aromatic carbocycles. The minimum absolute atomic E-state index is 0.852. The van der Waals surface area contributed by atoms with Crippen LogP contribution < -0.4 is 15.9 Å². The van der Waals surface area contributed by atoms with Gasteiger partial charge in [0, 0.05) is 15.9 Å². The zero-order valence-corrected chi connectivity index (χ0v) is 17.4. The smallest absolute Gasteiger partial charge is 0.172 e. The summed E-state index contributed by atoms with van der Waals surface area (Å²) < 4.78 is 15.2. The Morgan fingerprint density at radius 2 is 1.03 bits per heavy atom. The van der Waals surface area contributed by atoms with Crippen molar-refractivity contribution in [2.24, 2.45) is 0 Å². The highest BCUT2D eigenvalue weighted by molar-refractivity contribution is 7.86. The molecule has 0 bridgehead atoms. The van der Waals surface area contributed by atoms with Crippen molar-refractivity contribution in [3.05, 3.63) is 127 Å². The molecule has 0 aliphatic carbocycles. The maximum atomic E-state index is 15.2. The molecule has 0 radical (unpaired) electrons. The quantitative estimate of drug-likeness (QED) is 0.329. The van der Waals surface area contributed by atoms with E-state index >= 15 is 4.57 Å². The number of fused-ring (bicyclic) bond motifs is 1. The Morgan fingerprint density at radius 3 is 1.83 bits per heavy atom. The molecule has 0 spiro atoms. The maximum absolute atomic E-state index is 15.2. The van der Waals surface area contributed by atoms with Crippen LogP contribution in [0.4, 0.5) is 0 Å². The van der Waals surface area contributed by atoms with E-state index in [1.165, 1.54) is 0 Å². The molecular formula is C28H21OP. The van der Waals surface area contributed by atoms with Crippen LogP contribution in [0.2, 0.25) is 0 Å². The van der Waals surface area contributed by atoms with Gasteiger partial charge in [0.05, 0.1) is 0 Å². The minimum atomic E-state index is -3.13. The van der Waals surface area contributed by atoms with Crippen molar-refractivity contribution in [2.75, 3.05) is 0 Å². The average Bonchev–Trinajstić information content (AvgIpc) is 2.84. The summed E-state index contributed by atoms with van der Waals surface area (Å²) in [7, 11) is -3.13. The average molecular weight is 404 g/mol. The van der Waals surface area contributed by atoms with Gasteiger partial charge in [0.15, 0.2) is 7.14 Å². The van der Waals surface area contributed by atoms with Crippen LogP contribution in [-0.4, -0.2) is 0 Å². The van der Waals surface area contributed by atoms with Gasteiger partial charge in [0.25, 0.3) is 0 Å². The van der Waals surface area contributed by atoms with Crippen molar-refractivity contribution in [3.63, 3.8) is 0 Å².